The lowest BCUT2D eigenvalue weighted by Gasteiger charge is -2.50. The molecule has 21 fully saturated rings. The predicted molar refractivity (Wildman–Crippen MR) is 238 cm³/mol. The molecule has 0 aromatic carbocycles. The highest BCUT2D eigenvalue weighted by Crippen LogP contribution is 2.39. The van der Waals surface area contributed by atoms with E-state index in [4.69, 9.17) is 75.8 Å². The van der Waals surface area contributed by atoms with Gasteiger partial charge in [0.2, 0.25) is 0 Å². The van der Waals surface area contributed by atoms with Crippen molar-refractivity contribution in [3.05, 3.63) is 0 Å². The molecule has 35 atom stereocenters. The summed E-state index contributed by atoms with van der Waals surface area (Å²) in [7, 11) is 2.33. The summed E-state index contributed by atoms with van der Waals surface area (Å²) in [4.78, 5) is 0. The third kappa shape index (κ3) is 12.6. The Kier molecular flexibility index (Phi) is 22.0. The summed E-state index contributed by atoms with van der Waals surface area (Å²) in [5.74, 6) is 0. The van der Waals surface area contributed by atoms with Gasteiger partial charge in [-0.05, 0) is 0 Å². The van der Waals surface area contributed by atoms with Crippen LogP contribution in [0.25, 0.3) is 0 Å². The number of ether oxygens (including phenoxy) is 16. The fourth-order valence-electron chi connectivity index (χ4n) is 10.8. The van der Waals surface area contributed by atoms with Crippen LogP contribution < -0.4 is 0 Å². The van der Waals surface area contributed by atoms with E-state index in [0.29, 0.717) is 0 Å². The topological polar surface area (TPSA) is 532 Å². The maximum atomic E-state index is 11.8. The van der Waals surface area contributed by atoms with Crippen LogP contribution in [-0.4, -0.2) is 372 Å². The molecule has 21 heterocycles. The van der Waals surface area contributed by atoms with Crippen LogP contribution in [-0.2, 0) is 75.8 Å². The minimum Gasteiger partial charge on any atom is -0.394 e. The highest BCUT2D eigenvalue weighted by molar-refractivity contribution is 5.02. The Morgan fingerprint density at radius 2 is 0.430 bits per heavy atom. The third-order valence-corrected chi connectivity index (χ3v) is 15.2. The first-order valence-corrected chi connectivity index (χ1v) is 25.4. The molecular formula is C44H74O35. The summed E-state index contributed by atoms with van der Waals surface area (Å²) in [5, 5.41) is 211. The van der Waals surface area contributed by atoms with E-state index >= 15 is 0 Å². The summed E-state index contributed by atoms with van der Waals surface area (Å²) in [6, 6.07) is 0. The molecule has 35 nitrogen and oxygen atoms in total. The van der Waals surface area contributed by atoms with Crippen molar-refractivity contribution in [1.29, 1.82) is 0 Å². The van der Waals surface area contributed by atoms with Gasteiger partial charge >= 0.3 is 0 Å². The standard InChI is InChI=1S/C44H74O35/c1-64-9-16-36-29(63)37(65-2)44(72-16)79-35-15(8-50)71-42(28(62)22(35)56)77-33-13(6-48)69-40(26(60)20(33)54)75-31-11(4-46)67-38(24(58)18(31)52)73-30-10(3-45)66-39(23(57)17(30)51)74-32-12(5-47)68-41(25(59)19(32)53)76-34-14(7-49)70-43(78-36)27(61)21(34)55/h10-63H,3-9H2,1-2H3/t10-,11-,12-,13-,14-,15-,16-,17-,18-,19-,20-,21-,22-,23-,24-,25-,26-,27-,28-,29-,30-,31-,32-,33-,34-,35-,36-,37-,38-,39-,40-,41-,42-,43-,44-/m1/s1. The Balaban J connectivity index is 1.09. The van der Waals surface area contributed by atoms with Crippen molar-refractivity contribution in [2.45, 2.75) is 215 Å². The molecule has 21 aliphatic rings. The van der Waals surface area contributed by atoms with E-state index in [1.54, 1.807) is 0 Å². The van der Waals surface area contributed by atoms with Gasteiger partial charge in [-0.25, -0.2) is 0 Å². The average molecular weight is 1160 g/mol. The van der Waals surface area contributed by atoms with E-state index in [1.165, 1.54) is 7.11 Å². The van der Waals surface area contributed by atoms with E-state index in [9.17, 15) is 97.0 Å². The number of hydrogen-bond donors (Lipinski definition) is 19. The molecule has 0 aliphatic carbocycles. The Morgan fingerprint density at radius 3 is 0.620 bits per heavy atom. The largest absolute Gasteiger partial charge is 0.394 e. The van der Waals surface area contributed by atoms with Crippen molar-refractivity contribution in [3.8, 4) is 0 Å². The lowest BCUT2D eigenvalue weighted by molar-refractivity contribution is -0.397. The van der Waals surface area contributed by atoms with Gasteiger partial charge in [-0.3, -0.25) is 0 Å². The zero-order chi connectivity index (χ0) is 57.5. The van der Waals surface area contributed by atoms with Crippen molar-refractivity contribution >= 4 is 0 Å². The van der Waals surface area contributed by atoms with E-state index in [2.05, 4.69) is 0 Å². The molecule has 0 saturated carbocycles. The van der Waals surface area contributed by atoms with Crippen molar-refractivity contribution < 1.29 is 173 Å². The molecule has 0 aromatic rings. The van der Waals surface area contributed by atoms with Gasteiger partial charge in [0.15, 0.2) is 44.0 Å². The van der Waals surface area contributed by atoms with Crippen LogP contribution in [0.1, 0.15) is 0 Å². The number of rotatable bonds is 9. The fourth-order valence-corrected chi connectivity index (χ4v) is 10.8. The normalized spacial score (nSPS) is 54.3. The van der Waals surface area contributed by atoms with Crippen LogP contribution in [0.15, 0.2) is 0 Å². The molecule has 79 heavy (non-hydrogen) atoms. The molecule has 21 saturated heterocycles. The lowest BCUT2D eigenvalue weighted by atomic mass is 9.95. The Bertz CT molecular complexity index is 1860. The van der Waals surface area contributed by atoms with Gasteiger partial charge in [0, 0.05) is 14.2 Å². The molecule has 14 bridgehead atoms. The minimum atomic E-state index is -2.20. The third-order valence-electron chi connectivity index (χ3n) is 15.2. The maximum absolute atomic E-state index is 11.8. The second-order valence-electron chi connectivity index (χ2n) is 20.1. The molecule has 0 unspecified atom stereocenters. The van der Waals surface area contributed by atoms with Gasteiger partial charge < -0.3 is 173 Å². The first-order chi connectivity index (χ1) is 37.7. The van der Waals surface area contributed by atoms with Crippen molar-refractivity contribution in [2.75, 3.05) is 60.5 Å². The maximum Gasteiger partial charge on any atom is 0.187 e. The number of aliphatic hydroxyl groups is 19. The molecule has 35 heteroatoms. The lowest BCUT2D eigenvalue weighted by Crippen LogP contribution is -2.68. The molecular weight excluding hydrogens is 1090 g/mol. The SMILES string of the molecule is COC[C@H]1O[C@@H]2O[C@H]3[C@H](O)[C@@H](O)[C@@H](O[C@H]4[C@H](O)[C@@H](O)[C@@H](O[C@H]5[C@H](O)[C@@H](O)[C@@H](O[C@H]6[C@H](O)[C@@H](O)[C@@H](O[C@H]7[C@H](O)[C@@H](O)[C@@H](O[C@H]8[C@H](O)[C@@H](O)[C@@H](O[C@H]1[C@@H](O)[C@H]2OC)O[C@@H]8CO)O[C@@H]7CO)O[C@@H]6CO)O[C@@H]5CO)O[C@@H]4CO)O[C@@H]3CO. The Morgan fingerprint density at radius 1 is 0.241 bits per heavy atom. The zero-order valence-electron chi connectivity index (χ0n) is 42.2. The summed E-state index contributed by atoms with van der Waals surface area (Å²) in [6.07, 6.45) is -67.3. The molecule has 0 radical (unpaired) electrons. The van der Waals surface area contributed by atoms with E-state index in [1.807, 2.05) is 0 Å². The summed E-state index contributed by atoms with van der Waals surface area (Å²) < 4.78 is 91.9. The molecule has 19 N–H and O–H groups in total. The van der Waals surface area contributed by atoms with Gasteiger partial charge in [-0.2, -0.15) is 0 Å². The summed E-state index contributed by atoms with van der Waals surface area (Å²) in [5.41, 5.74) is 0. The molecule has 21 aliphatic heterocycles. The van der Waals surface area contributed by atoms with E-state index < -0.39 is 261 Å². The van der Waals surface area contributed by atoms with Crippen molar-refractivity contribution in [1.82, 2.24) is 0 Å². The Labute approximate surface area is 447 Å². The van der Waals surface area contributed by atoms with Gasteiger partial charge in [0.05, 0.1) is 46.2 Å². The van der Waals surface area contributed by atoms with Gasteiger partial charge in [-0.15, -0.1) is 0 Å². The Hall–Kier alpha value is -1.40. The van der Waals surface area contributed by atoms with Crippen LogP contribution >= 0.6 is 0 Å². The fraction of sp³-hybridized carbons (Fsp3) is 1.00. The molecule has 0 spiro atoms. The second-order valence-corrected chi connectivity index (χ2v) is 20.1. The predicted octanol–water partition coefficient (Wildman–Crippen LogP) is -13.9. The first-order valence-electron chi connectivity index (χ1n) is 25.4. The van der Waals surface area contributed by atoms with Crippen molar-refractivity contribution in [2.24, 2.45) is 0 Å². The van der Waals surface area contributed by atoms with Gasteiger partial charge in [0.1, 0.15) is 171 Å². The second kappa shape index (κ2) is 27.3. The van der Waals surface area contributed by atoms with Crippen molar-refractivity contribution in [3.63, 3.8) is 0 Å². The van der Waals surface area contributed by atoms with Gasteiger partial charge in [-0.1, -0.05) is 0 Å². The molecule has 0 aromatic heterocycles. The highest BCUT2D eigenvalue weighted by atomic mass is 16.8. The average Bonchev–Trinajstić information content (AvgIpc) is 3.50. The van der Waals surface area contributed by atoms with Crippen LogP contribution in [0.5, 0.6) is 0 Å². The number of methoxy groups -OCH3 is 2. The number of aliphatic hydroxyl groups excluding tert-OH is 19. The highest BCUT2D eigenvalue weighted by Gasteiger charge is 2.59. The summed E-state index contributed by atoms with van der Waals surface area (Å²) in [6.45, 7) is -6.51. The monoisotopic (exact) mass is 1160 g/mol. The number of hydrogen-bond acceptors (Lipinski definition) is 35. The molecule has 0 amide bonds. The van der Waals surface area contributed by atoms with Crippen LogP contribution in [0, 0.1) is 0 Å². The van der Waals surface area contributed by atoms with Crippen LogP contribution in [0.3, 0.4) is 0 Å². The van der Waals surface area contributed by atoms with E-state index in [0.717, 1.165) is 7.11 Å². The van der Waals surface area contributed by atoms with Crippen LogP contribution in [0.4, 0.5) is 0 Å². The summed E-state index contributed by atoms with van der Waals surface area (Å²) >= 11 is 0. The van der Waals surface area contributed by atoms with Crippen LogP contribution in [0.2, 0.25) is 0 Å². The van der Waals surface area contributed by atoms with Gasteiger partial charge in [0.25, 0.3) is 0 Å². The molecule has 460 valence electrons. The molecule has 21 rings (SSSR count). The smallest absolute Gasteiger partial charge is 0.187 e. The quantitative estimate of drug-likeness (QED) is 0.102. The first kappa shape index (κ1) is 63.6. The van der Waals surface area contributed by atoms with E-state index in [-0.39, 0.29) is 0 Å². The minimum absolute atomic E-state index is 0.418. The zero-order valence-corrected chi connectivity index (χ0v) is 42.2.